The molecular weight excluding hydrogens is 314 g/mol. The second kappa shape index (κ2) is 5.94. The van der Waals surface area contributed by atoms with Gasteiger partial charge in [-0.2, -0.15) is 5.10 Å². The van der Waals surface area contributed by atoms with Gasteiger partial charge in [0.05, 0.1) is 11.3 Å². The van der Waals surface area contributed by atoms with E-state index in [1.54, 1.807) is 12.1 Å². The molecule has 0 bridgehead atoms. The zero-order chi connectivity index (χ0) is 17.4. The average Bonchev–Trinajstić information content (AvgIpc) is 3.19. The van der Waals surface area contributed by atoms with Crippen LogP contribution in [0.1, 0.15) is 24.1 Å². The van der Waals surface area contributed by atoms with Crippen LogP contribution < -0.4 is 5.43 Å². The first-order valence-electron chi connectivity index (χ1n) is 8.08. The van der Waals surface area contributed by atoms with Crippen LogP contribution in [0.25, 0.3) is 17.0 Å². The Hall–Kier alpha value is -3.34. The van der Waals surface area contributed by atoms with Crippen LogP contribution in [-0.4, -0.2) is 21.7 Å². The number of hydrogen-bond donors (Lipinski definition) is 3. The first kappa shape index (κ1) is 15.2. The molecule has 0 saturated heterocycles. The molecule has 0 aliphatic carbocycles. The number of hydrazone groups is 1. The molecule has 0 saturated carbocycles. The monoisotopic (exact) mass is 331 g/mol. The van der Waals surface area contributed by atoms with Crippen LogP contribution in [0, 0.1) is 0 Å². The Labute approximate surface area is 144 Å². The van der Waals surface area contributed by atoms with Gasteiger partial charge in [-0.25, -0.2) is 5.43 Å². The standard InChI is InChI=1S/C20H17N3O2/c1-12(13-6-8-16(24)9-7-13)19-17(20(25)23-22-19)11-15-10-14-4-2-3-5-18(14)21-15/h2-12,21,24H,1H3,(H,23,25)/b17-11+. The van der Waals surface area contributed by atoms with Gasteiger partial charge >= 0.3 is 0 Å². The number of aromatic hydroxyl groups is 1. The minimum atomic E-state index is -0.209. The summed E-state index contributed by atoms with van der Waals surface area (Å²) in [4.78, 5) is 15.6. The van der Waals surface area contributed by atoms with Crippen LogP contribution in [0.3, 0.4) is 0 Å². The summed E-state index contributed by atoms with van der Waals surface area (Å²) < 4.78 is 0. The van der Waals surface area contributed by atoms with E-state index in [4.69, 9.17) is 0 Å². The number of phenolic OH excluding ortho intramolecular Hbond substituents is 1. The summed E-state index contributed by atoms with van der Waals surface area (Å²) in [6.45, 7) is 1.99. The molecular formula is C20H17N3O2. The van der Waals surface area contributed by atoms with Crippen LogP contribution in [0.2, 0.25) is 0 Å². The molecule has 1 unspecified atom stereocenters. The van der Waals surface area contributed by atoms with Gasteiger partial charge in [-0.05, 0) is 41.3 Å². The maximum absolute atomic E-state index is 12.2. The van der Waals surface area contributed by atoms with Crippen molar-refractivity contribution in [1.29, 1.82) is 0 Å². The van der Waals surface area contributed by atoms with E-state index < -0.39 is 0 Å². The van der Waals surface area contributed by atoms with Crippen LogP contribution >= 0.6 is 0 Å². The van der Waals surface area contributed by atoms with Crippen LogP contribution in [0.5, 0.6) is 5.75 Å². The summed E-state index contributed by atoms with van der Waals surface area (Å²) in [7, 11) is 0. The molecule has 5 nitrogen and oxygen atoms in total. The highest BCUT2D eigenvalue weighted by molar-refractivity contribution is 6.29. The number of H-pyrrole nitrogens is 1. The molecule has 25 heavy (non-hydrogen) atoms. The molecule has 1 amide bonds. The van der Waals surface area contributed by atoms with Crippen molar-refractivity contribution in [2.75, 3.05) is 0 Å². The van der Waals surface area contributed by atoms with Gasteiger partial charge in [-0.15, -0.1) is 0 Å². The third-order valence-electron chi connectivity index (χ3n) is 4.45. The Kier molecular flexibility index (Phi) is 3.61. The van der Waals surface area contributed by atoms with Crippen LogP contribution in [-0.2, 0) is 4.79 Å². The van der Waals surface area contributed by atoms with E-state index in [1.165, 1.54) is 0 Å². The van der Waals surface area contributed by atoms with Crippen LogP contribution in [0.15, 0.2) is 65.3 Å². The molecule has 124 valence electrons. The first-order valence-corrected chi connectivity index (χ1v) is 8.08. The molecule has 1 aliphatic heterocycles. The summed E-state index contributed by atoms with van der Waals surface area (Å²) in [5.74, 6) is -0.0678. The van der Waals surface area contributed by atoms with Gasteiger partial charge in [0.15, 0.2) is 0 Å². The largest absolute Gasteiger partial charge is 0.508 e. The Morgan fingerprint density at radius 3 is 2.64 bits per heavy atom. The van der Waals surface area contributed by atoms with E-state index in [-0.39, 0.29) is 17.6 Å². The lowest BCUT2D eigenvalue weighted by Gasteiger charge is -2.12. The molecule has 1 aliphatic rings. The molecule has 1 atom stereocenters. The lowest BCUT2D eigenvalue weighted by atomic mass is 9.91. The maximum atomic E-state index is 12.2. The minimum Gasteiger partial charge on any atom is -0.508 e. The number of fused-ring (bicyclic) bond motifs is 1. The van der Waals surface area contributed by atoms with Gasteiger partial charge in [0.25, 0.3) is 5.91 Å². The van der Waals surface area contributed by atoms with Crippen molar-refractivity contribution < 1.29 is 9.90 Å². The molecule has 4 rings (SSSR count). The fourth-order valence-electron chi connectivity index (χ4n) is 3.07. The van der Waals surface area contributed by atoms with Gasteiger partial charge in [0.2, 0.25) is 0 Å². The quantitative estimate of drug-likeness (QED) is 0.642. The number of hydrogen-bond acceptors (Lipinski definition) is 3. The van der Waals surface area contributed by atoms with E-state index in [0.717, 1.165) is 22.2 Å². The summed E-state index contributed by atoms with van der Waals surface area (Å²) in [6, 6.07) is 16.9. The SMILES string of the molecule is CC(C1=NNC(=O)/C1=C/c1cc2ccccc2[nH]1)c1ccc(O)cc1. The third kappa shape index (κ3) is 2.80. The number of carbonyl (C=O) groups is 1. The van der Waals surface area contributed by atoms with E-state index in [9.17, 15) is 9.90 Å². The lowest BCUT2D eigenvalue weighted by Crippen LogP contribution is -2.15. The Bertz CT molecular complexity index is 980. The zero-order valence-electron chi connectivity index (χ0n) is 13.7. The van der Waals surface area contributed by atoms with Crippen molar-refractivity contribution in [3.8, 4) is 5.75 Å². The van der Waals surface area contributed by atoms with E-state index >= 15 is 0 Å². The summed E-state index contributed by atoms with van der Waals surface area (Å²) in [5, 5.41) is 14.8. The maximum Gasteiger partial charge on any atom is 0.273 e. The molecule has 5 heteroatoms. The number of phenols is 1. The van der Waals surface area contributed by atoms with Gasteiger partial charge in [-0.3, -0.25) is 4.79 Å². The first-order chi connectivity index (χ1) is 12.1. The number of carbonyl (C=O) groups excluding carboxylic acids is 1. The Balaban J connectivity index is 1.70. The number of para-hydroxylation sites is 1. The summed E-state index contributed by atoms with van der Waals surface area (Å²) in [6.07, 6.45) is 1.83. The predicted octanol–water partition coefficient (Wildman–Crippen LogP) is 3.55. The van der Waals surface area contributed by atoms with E-state index in [0.29, 0.717) is 11.3 Å². The Morgan fingerprint density at radius 2 is 1.88 bits per heavy atom. The zero-order valence-corrected chi connectivity index (χ0v) is 13.7. The number of benzene rings is 2. The molecule has 3 aromatic rings. The molecule has 2 heterocycles. The van der Waals surface area contributed by atoms with Crippen molar-refractivity contribution in [3.63, 3.8) is 0 Å². The molecule has 0 radical (unpaired) electrons. The molecule has 3 N–H and O–H groups in total. The normalized spacial score (nSPS) is 16.9. The van der Waals surface area contributed by atoms with Crippen molar-refractivity contribution in [2.24, 2.45) is 5.10 Å². The van der Waals surface area contributed by atoms with Gasteiger partial charge in [-0.1, -0.05) is 37.3 Å². The van der Waals surface area contributed by atoms with Crippen molar-refractivity contribution in [2.45, 2.75) is 12.8 Å². The highest BCUT2D eigenvalue weighted by atomic mass is 16.3. The lowest BCUT2D eigenvalue weighted by molar-refractivity contribution is -0.116. The van der Waals surface area contributed by atoms with Gasteiger partial charge in [0, 0.05) is 17.1 Å². The van der Waals surface area contributed by atoms with E-state index in [1.807, 2.05) is 55.5 Å². The molecule has 0 spiro atoms. The number of nitrogens with one attached hydrogen (secondary N) is 2. The van der Waals surface area contributed by atoms with Gasteiger partial charge < -0.3 is 10.1 Å². The van der Waals surface area contributed by atoms with Gasteiger partial charge in [0.1, 0.15) is 5.75 Å². The Morgan fingerprint density at radius 1 is 1.12 bits per heavy atom. The average molecular weight is 331 g/mol. The number of amides is 1. The smallest absolute Gasteiger partial charge is 0.273 e. The van der Waals surface area contributed by atoms with Crippen LogP contribution in [0.4, 0.5) is 0 Å². The summed E-state index contributed by atoms with van der Waals surface area (Å²) >= 11 is 0. The molecule has 2 aromatic carbocycles. The highest BCUT2D eigenvalue weighted by Crippen LogP contribution is 2.27. The van der Waals surface area contributed by atoms with E-state index in [2.05, 4.69) is 15.5 Å². The number of aromatic nitrogens is 1. The third-order valence-corrected chi connectivity index (χ3v) is 4.45. The fourth-order valence-corrected chi connectivity index (χ4v) is 3.07. The minimum absolute atomic E-state index is 0.0739. The van der Waals surface area contributed by atoms with Crippen molar-refractivity contribution in [1.82, 2.24) is 10.4 Å². The molecule has 0 fully saturated rings. The summed E-state index contributed by atoms with van der Waals surface area (Å²) in [5.41, 5.74) is 6.66. The number of aromatic amines is 1. The van der Waals surface area contributed by atoms with Crippen molar-refractivity contribution in [3.05, 3.63) is 71.4 Å². The topological polar surface area (TPSA) is 77.5 Å². The molecule has 1 aromatic heterocycles. The fraction of sp³-hybridized carbons (Fsp3) is 0.100. The second-order valence-electron chi connectivity index (χ2n) is 6.12. The number of nitrogens with zero attached hydrogens (tertiary/aromatic N) is 1. The highest BCUT2D eigenvalue weighted by Gasteiger charge is 2.28. The predicted molar refractivity (Wildman–Crippen MR) is 98.4 cm³/mol. The van der Waals surface area contributed by atoms with Crippen molar-refractivity contribution >= 4 is 28.6 Å². The second-order valence-corrected chi connectivity index (χ2v) is 6.12. The number of rotatable bonds is 3.